The second-order valence-electron chi connectivity index (χ2n) is 7.92. The molecule has 8 heteroatoms. The number of aromatic amines is 1. The van der Waals surface area contributed by atoms with Crippen molar-refractivity contribution < 1.29 is 4.74 Å². The van der Waals surface area contributed by atoms with Crippen LogP contribution in [-0.4, -0.2) is 49.4 Å². The van der Waals surface area contributed by atoms with Gasteiger partial charge in [0.25, 0.3) is 0 Å². The van der Waals surface area contributed by atoms with Crippen molar-refractivity contribution in [1.29, 1.82) is 0 Å². The first kappa shape index (κ1) is 18.8. The van der Waals surface area contributed by atoms with Crippen LogP contribution < -0.4 is 4.90 Å². The van der Waals surface area contributed by atoms with E-state index in [4.69, 9.17) is 14.7 Å². The van der Waals surface area contributed by atoms with Crippen LogP contribution in [0.1, 0.15) is 12.0 Å². The fourth-order valence-electron chi connectivity index (χ4n) is 4.23. The Kier molecular flexibility index (Phi) is 4.69. The lowest BCUT2D eigenvalue weighted by molar-refractivity contribution is 0.193. The Labute approximate surface area is 184 Å². The van der Waals surface area contributed by atoms with Crippen LogP contribution in [0.2, 0.25) is 0 Å². The van der Waals surface area contributed by atoms with E-state index in [0.29, 0.717) is 12.3 Å². The molecule has 0 radical (unpaired) electrons. The lowest BCUT2D eigenvalue weighted by Gasteiger charge is -2.29. The van der Waals surface area contributed by atoms with Crippen molar-refractivity contribution in [3.05, 3.63) is 72.8 Å². The van der Waals surface area contributed by atoms with Gasteiger partial charge in [-0.2, -0.15) is 5.10 Å². The van der Waals surface area contributed by atoms with Gasteiger partial charge in [0.15, 0.2) is 5.65 Å². The Morgan fingerprint density at radius 2 is 1.94 bits per heavy atom. The number of aromatic nitrogens is 6. The normalized spacial score (nSPS) is 16.1. The molecule has 6 rings (SSSR count). The van der Waals surface area contributed by atoms with Crippen molar-refractivity contribution >= 4 is 27.9 Å². The summed E-state index contributed by atoms with van der Waals surface area (Å²) in [5.41, 5.74) is 5.41. The average molecular weight is 423 g/mol. The molecule has 8 nitrogen and oxygen atoms in total. The summed E-state index contributed by atoms with van der Waals surface area (Å²) in [5, 5.41) is 7.85. The zero-order valence-electron chi connectivity index (χ0n) is 17.3. The smallest absolute Gasteiger partial charge is 0.159 e. The predicted molar refractivity (Wildman–Crippen MR) is 122 cm³/mol. The maximum absolute atomic E-state index is 5.67. The third kappa shape index (κ3) is 3.44. The van der Waals surface area contributed by atoms with Gasteiger partial charge in [-0.25, -0.2) is 15.0 Å². The summed E-state index contributed by atoms with van der Waals surface area (Å²) in [6.07, 6.45) is 6.13. The minimum absolute atomic E-state index is 0.289. The summed E-state index contributed by atoms with van der Waals surface area (Å²) in [7, 11) is 0. The maximum atomic E-state index is 5.67. The van der Waals surface area contributed by atoms with E-state index in [-0.39, 0.29) is 6.04 Å². The number of ether oxygens (including phenoxy) is 1. The number of H-pyrrole nitrogens is 1. The molecule has 4 heterocycles. The highest BCUT2D eigenvalue weighted by molar-refractivity contribution is 5.92. The van der Waals surface area contributed by atoms with Crippen LogP contribution in [0.4, 0.5) is 5.82 Å². The molecular weight excluding hydrogens is 402 g/mol. The fourth-order valence-corrected chi connectivity index (χ4v) is 4.23. The van der Waals surface area contributed by atoms with Crippen molar-refractivity contribution in [3.8, 4) is 11.3 Å². The van der Waals surface area contributed by atoms with Crippen LogP contribution in [0.15, 0.2) is 67.3 Å². The Bertz CT molecular complexity index is 1380. The van der Waals surface area contributed by atoms with Gasteiger partial charge in [0.05, 0.1) is 47.2 Å². The average Bonchev–Trinajstić information content (AvgIpc) is 3.55. The first-order chi connectivity index (χ1) is 15.8. The SMILES string of the molecule is c1ccc(CN(c2cnc3cc(-c4ncnc5[nH]ncc45)ccc3n2)[C@@H]2CCOC2)cc1. The zero-order chi connectivity index (χ0) is 21.3. The Morgan fingerprint density at radius 1 is 1.00 bits per heavy atom. The van der Waals surface area contributed by atoms with Crippen molar-refractivity contribution in [2.24, 2.45) is 0 Å². The number of anilines is 1. The van der Waals surface area contributed by atoms with Crippen molar-refractivity contribution in [2.45, 2.75) is 19.0 Å². The van der Waals surface area contributed by atoms with Gasteiger partial charge >= 0.3 is 0 Å². The molecule has 0 amide bonds. The van der Waals surface area contributed by atoms with E-state index in [0.717, 1.165) is 53.1 Å². The minimum Gasteiger partial charge on any atom is -0.379 e. The molecule has 2 aromatic carbocycles. The van der Waals surface area contributed by atoms with Crippen LogP contribution >= 0.6 is 0 Å². The largest absolute Gasteiger partial charge is 0.379 e. The van der Waals surface area contributed by atoms with Crippen molar-refractivity contribution in [1.82, 2.24) is 30.1 Å². The van der Waals surface area contributed by atoms with Crippen LogP contribution in [-0.2, 0) is 11.3 Å². The quantitative estimate of drug-likeness (QED) is 0.460. The molecule has 0 unspecified atom stereocenters. The van der Waals surface area contributed by atoms with Gasteiger partial charge in [0.1, 0.15) is 12.1 Å². The van der Waals surface area contributed by atoms with E-state index in [2.05, 4.69) is 49.3 Å². The number of nitrogens with one attached hydrogen (secondary N) is 1. The third-order valence-corrected chi connectivity index (χ3v) is 5.89. The molecule has 0 aliphatic carbocycles. The molecule has 1 N–H and O–H groups in total. The van der Waals surface area contributed by atoms with Crippen LogP contribution in [0.5, 0.6) is 0 Å². The second kappa shape index (κ2) is 7.97. The van der Waals surface area contributed by atoms with E-state index in [1.54, 1.807) is 12.5 Å². The maximum Gasteiger partial charge on any atom is 0.159 e. The van der Waals surface area contributed by atoms with Gasteiger partial charge in [-0.15, -0.1) is 0 Å². The van der Waals surface area contributed by atoms with Gasteiger partial charge in [0, 0.05) is 18.7 Å². The lowest BCUT2D eigenvalue weighted by Crippen LogP contribution is -2.36. The topological polar surface area (TPSA) is 92.7 Å². The molecule has 158 valence electrons. The Morgan fingerprint density at radius 3 is 2.81 bits per heavy atom. The zero-order valence-corrected chi connectivity index (χ0v) is 17.3. The van der Waals surface area contributed by atoms with Crippen LogP contribution in [0, 0.1) is 0 Å². The van der Waals surface area contributed by atoms with Gasteiger partial charge in [-0.3, -0.25) is 10.1 Å². The van der Waals surface area contributed by atoms with Crippen molar-refractivity contribution in [3.63, 3.8) is 0 Å². The first-order valence-electron chi connectivity index (χ1n) is 10.6. The number of hydrogen-bond acceptors (Lipinski definition) is 7. The summed E-state index contributed by atoms with van der Waals surface area (Å²) < 4.78 is 5.67. The highest BCUT2D eigenvalue weighted by atomic mass is 16.5. The number of nitrogens with zero attached hydrogens (tertiary/aromatic N) is 6. The third-order valence-electron chi connectivity index (χ3n) is 5.89. The van der Waals surface area contributed by atoms with Crippen LogP contribution in [0.3, 0.4) is 0 Å². The molecule has 1 aliphatic rings. The van der Waals surface area contributed by atoms with Crippen LogP contribution in [0.25, 0.3) is 33.3 Å². The minimum atomic E-state index is 0.289. The molecular formula is C24H21N7O. The van der Waals surface area contributed by atoms with Gasteiger partial charge in [-0.05, 0) is 24.1 Å². The summed E-state index contributed by atoms with van der Waals surface area (Å²) >= 11 is 0. The molecule has 1 aliphatic heterocycles. The molecule has 32 heavy (non-hydrogen) atoms. The molecule has 0 spiro atoms. The molecule has 1 fully saturated rings. The molecule has 5 aromatic rings. The molecule has 0 bridgehead atoms. The number of benzene rings is 2. The van der Waals surface area contributed by atoms with E-state index in [1.165, 1.54) is 5.56 Å². The van der Waals surface area contributed by atoms with Gasteiger partial charge in [0.2, 0.25) is 0 Å². The van der Waals surface area contributed by atoms with E-state index in [9.17, 15) is 0 Å². The second-order valence-corrected chi connectivity index (χ2v) is 7.92. The van der Waals surface area contributed by atoms with E-state index < -0.39 is 0 Å². The van der Waals surface area contributed by atoms with Gasteiger partial charge < -0.3 is 9.64 Å². The number of fused-ring (bicyclic) bond motifs is 2. The fraction of sp³-hybridized carbons (Fsp3) is 0.208. The standard InChI is InChI=1S/C24H21N7O/c1-2-4-16(5-3-1)13-31(18-8-9-32-14-18)22-12-25-21-10-17(6-7-20(21)29-22)23-19-11-28-30-24(19)27-15-26-23/h1-7,10-12,15,18H,8-9,13-14H2,(H,26,27,28,30)/t18-/m1/s1. The summed E-state index contributed by atoms with van der Waals surface area (Å²) in [4.78, 5) is 20.7. The lowest BCUT2D eigenvalue weighted by atomic mass is 10.1. The van der Waals surface area contributed by atoms with Gasteiger partial charge in [-0.1, -0.05) is 36.4 Å². The molecule has 1 atom stereocenters. The monoisotopic (exact) mass is 423 g/mol. The number of hydrogen-bond donors (Lipinski definition) is 1. The summed E-state index contributed by atoms with van der Waals surface area (Å²) in [6, 6.07) is 16.8. The molecule has 0 saturated carbocycles. The summed E-state index contributed by atoms with van der Waals surface area (Å²) in [6.45, 7) is 2.26. The highest BCUT2D eigenvalue weighted by Crippen LogP contribution is 2.28. The van der Waals surface area contributed by atoms with E-state index in [1.807, 2.05) is 30.5 Å². The summed E-state index contributed by atoms with van der Waals surface area (Å²) in [5.74, 6) is 0.865. The highest BCUT2D eigenvalue weighted by Gasteiger charge is 2.25. The Balaban J connectivity index is 1.37. The predicted octanol–water partition coefficient (Wildman–Crippen LogP) is 3.76. The first-order valence-corrected chi connectivity index (χ1v) is 10.6. The molecule has 1 saturated heterocycles. The molecule has 3 aromatic heterocycles. The Hall–Kier alpha value is -3.91. The van der Waals surface area contributed by atoms with Crippen molar-refractivity contribution in [2.75, 3.05) is 18.1 Å². The van der Waals surface area contributed by atoms with E-state index >= 15 is 0 Å². The number of rotatable bonds is 5.